The van der Waals surface area contributed by atoms with Crippen molar-refractivity contribution >= 4 is 34.2 Å². The van der Waals surface area contributed by atoms with Gasteiger partial charge in [-0.1, -0.05) is 54.1 Å². The van der Waals surface area contributed by atoms with Crippen molar-refractivity contribution in [3.8, 4) is 11.1 Å². The molecule has 2 aromatic carbocycles. The molecular weight excluding hydrogens is 413 g/mol. The number of halogens is 1. The third-order valence-electron chi connectivity index (χ3n) is 4.23. The molecule has 0 amide bonds. The van der Waals surface area contributed by atoms with Gasteiger partial charge in [0.2, 0.25) is 5.78 Å². The van der Waals surface area contributed by atoms with E-state index < -0.39 is 0 Å². The molecule has 0 saturated heterocycles. The average Bonchev–Trinajstić information content (AvgIpc) is 2.60. The first-order valence-electron chi connectivity index (χ1n) is 7.52. The van der Waals surface area contributed by atoms with E-state index in [4.69, 9.17) is 0 Å². The second-order valence-corrected chi connectivity index (χ2v) is 6.94. The summed E-state index contributed by atoms with van der Waals surface area (Å²) in [6.45, 7) is 2.02. The number of ketones is 2. The molecule has 0 radical (unpaired) electrons. The first-order chi connectivity index (χ1) is 11.6. The molecule has 1 aromatic heterocycles. The van der Waals surface area contributed by atoms with Crippen molar-refractivity contribution in [3.63, 3.8) is 0 Å². The van der Waals surface area contributed by atoms with E-state index in [1.54, 1.807) is 30.5 Å². The van der Waals surface area contributed by atoms with Crippen LogP contribution in [-0.4, -0.2) is 16.6 Å². The second kappa shape index (κ2) is 5.63. The minimum atomic E-state index is -0.190. The molecule has 1 heterocycles. The van der Waals surface area contributed by atoms with E-state index in [1.807, 2.05) is 31.2 Å². The molecule has 4 rings (SSSR count). The Hall–Kier alpha value is -2.34. The Kier molecular flexibility index (Phi) is 3.57. The highest BCUT2D eigenvalue weighted by molar-refractivity contribution is 14.1. The predicted molar refractivity (Wildman–Crippen MR) is 100 cm³/mol. The van der Waals surface area contributed by atoms with Crippen molar-refractivity contribution in [1.29, 1.82) is 0 Å². The summed E-state index contributed by atoms with van der Waals surface area (Å²) < 4.78 is 0.857. The van der Waals surface area contributed by atoms with Gasteiger partial charge >= 0.3 is 0 Å². The van der Waals surface area contributed by atoms with Crippen LogP contribution in [0.1, 0.15) is 37.5 Å². The largest absolute Gasteiger partial charge is 0.288 e. The summed E-state index contributed by atoms with van der Waals surface area (Å²) in [5.41, 5.74) is 4.39. The molecular formula is C20H12INO2. The fourth-order valence-electron chi connectivity index (χ4n) is 3.03. The molecule has 1 aliphatic carbocycles. The Balaban J connectivity index is 2.04. The molecule has 1 aliphatic rings. The number of carbonyl (C=O) groups is 2. The van der Waals surface area contributed by atoms with Crippen LogP contribution in [-0.2, 0) is 0 Å². The standard InChI is InChI=1S/C20H12INO2/c1-11-6-8-12(9-7-11)16-15(21)10-22-18-17(16)19(23)13-4-2-3-5-14(13)20(18)24/h2-10H,1H3. The van der Waals surface area contributed by atoms with Crippen molar-refractivity contribution in [1.82, 2.24) is 4.98 Å². The highest BCUT2D eigenvalue weighted by atomic mass is 127. The highest BCUT2D eigenvalue weighted by Gasteiger charge is 2.33. The first-order valence-corrected chi connectivity index (χ1v) is 8.60. The number of fused-ring (bicyclic) bond motifs is 2. The van der Waals surface area contributed by atoms with Crippen molar-refractivity contribution < 1.29 is 9.59 Å². The highest BCUT2D eigenvalue weighted by Crippen LogP contribution is 2.36. The Morgan fingerprint density at radius 2 is 1.46 bits per heavy atom. The fraction of sp³-hybridized carbons (Fsp3) is 0.0500. The SMILES string of the molecule is Cc1ccc(-c2c(I)cnc3c2C(=O)c2ccccc2C3=O)cc1. The normalized spacial score (nSPS) is 12.8. The molecule has 4 heteroatoms. The van der Waals surface area contributed by atoms with Gasteiger partial charge in [-0.2, -0.15) is 0 Å². The van der Waals surface area contributed by atoms with Crippen LogP contribution >= 0.6 is 22.6 Å². The lowest BCUT2D eigenvalue weighted by Gasteiger charge is -2.20. The van der Waals surface area contributed by atoms with Crippen LogP contribution in [0, 0.1) is 10.5 Å². The number of benzene rings is 2. The summed E-state index contributed by atoms with van der Waals surface area (Å²) in [7, 11) is 0. The third-order valence-corrected chi connectivity index (χ3v) is 5.05. The van der Waals surface area contributed by atoms with Crippen molar-refractivity contribution in [2.24, 2.45) is 0 Å². The molecule has 3 nitrogen and oxygen atoms in total. The number of nitrogens with zero attached hydrogens (tertiary/aromatic N) is 1. The maximum atomic E-state index is 13.1. The van der Waals surface area contributed by atoms with Gasteiger partial charge in [-0.05, 0) is 35.1 Å². The van der Waals surface area contributed by atoms with Crippen LogP contribution in [0.5, 0.6) is 0 Å². The monoisotopic (exact) mass is 425 g/mol. The van der Waals surface area contributed by atoms with Crippen molar-refractivity contribution in [3.05, 3.63) is 86.2 Å². The van der Waals surface area contributed by atoms with E-state index in [0.717, 1.165) is 20.3 Å². The van der Waals surface area contributed by atoms with E-state index in [-0.39, 0.29) is 17.3 Å². The van der Waals surface area contributed by atoms with Crippen LogP contribution in [0.25, 0.3) is 11.1 Å². The molecule has 0 bridgehead atoms. The summed E-state index contributed by atoms with van der Waals surface area (Å²) in [5.74, 6) is -0.327. The predicted octanol–water partition coefficient (Wildman–Crippen LogP) is 4.44. The number of carbonyl (C=O) groups excluding carboxylic acids is 2. The molecule has 0 spiro atoms. The zero-order valence-corrected chi connectivity index (χ0v) is 15.0. The molecule has 0 unspecified atom stereocenters. The zero-order valence-electron chi connectivity index (χ0n) is 12.8. The lowest BCUT2D eigenvalue weighted by Crippen LogP contribution is -2.23. The van der Waals surface area contributed by atoms with Gasteiger partial charge < -0.3 is 0 Å². The van der Waals surface area contributed by atoms with Gasteiger partial charge in [-0.25, -0.2) is 0 Å². The van der Waals surface area contributed by atoms with E-state index in [2.05, 4.69) is 27.6 Å². The number of hydrogen-bond acceptors (Lipinski definition) is 3. The minimum Gasteiger partial charge on any atom is -0.288 e. The molecule has 0 saturated carbocycles. The van der Waals surface area contributed by atoms with Gasteiger partial charge in [-0.15, -0.1) is 0 Å². The molecule has 24 heavy (non-hydrogen) atoms. The maximum Gasteiger partial charge on any atom is 0.212 e. The topological polar surface area (TPSA) is 47.0 Å². The molecule has 0 fully saturated rings. The minimum absolute atomic E-state index is 0.137. The van der Waals surface area contributed by atoms with Crippen LogP contribution in [0.15, 0.2) is 54.7 Å². The summed E-state index contributed by atoms with van der Waals surface area (Å²) in [5, 5.41) is 0. The number of rotatable bonds is 1. The number of hydrogen-bond donors (Lipinski definition) is 0. The van der Waals surface area contributed by atoms with Crippen LogP contribution in [0.2, 0.25) is 0 Å². The van der Waals surface area contributed by atoms with E-state index in [1.165, 1.54) is 0 Å². The third kappa shape index (κ3) is 2.21. The molecule has 3 aromatic rings. The van der Waals surface area contributed by atoms with Gasteiger partial charge in [0, 0.05) is 26.5 Å². The van der Waals surface area contributed by atoms with E-state index in [9.17, 15) is 9.59 Å². The smallest absolute Gasteiger partial charge is 0.212 e. The summed E-state index contributed by atoms with van der Waals surface area (Å²) >= 11 is 2.17. The van der Waals surface area contributed by atoms with Gasteiger partial charge in [0.1, 0.15) is 5.69 Å². The van der Waals surface area contributed by atoms with E-state index >= 15 is 0 Å². The summed E-state index contributed by atoms with van der Waals surface area (Å²) in [6, 6.07) is 14.9. The Bertz CT molecular complexity index is 1010. The van der Waals surface area contributed by atoms with Gasteiger partial charge in [0.05, 0.1) is 5.56 Å². The fourth-order valence-corrected chi connectivity index (χ4v) is 3.75. The van der Waals surface area contributed by atoms with Crippen molar-refractivity contribution in [2.45, 2.75) is 6.92 Å². The lowest BCUT2D eigenvalue weighted by atomic mass is 9.83. The Morgan fingerprint density at radius 1 is 0.833 bits per heavy atom. The van der Waals surface area contributed by atoms with Crippen LogP contribution in [0.4, 0.5) is 0 Å². The molecule has 0 N–H and O–H groups in total. The number of aryl methyl sites for hydroxylation is 1. The molecule has 0 atom stereocenters. The van der Waals surface area contributed by atoms with Crippen LogP contribution < -0.4 is 0 Å². The van der Waals surface area contributed by atoms with Crippen LogP contribution in [0.3, 0.4) is 0 Å². The van der Waals surface area contributed by atoms with Gasteiger partial charge in [0.15, 0.2) is 5.78 Å². The molecule has 116 valence electrons. The summed E-state index contributed by atoms with van der Waals surface area (Å²) in [4.78, 5) is 30.1. The Morgan fingerprint density at radius 3 is 2.12 bits per heavy atom. The summed E-state index contributed by atoms with van der Waals surface area (Å²) in [6.07, 6.45) is 1.66. The lowest BCUT2D eigenvalue weighted by molar-refractivity contribution is 0.0975. The number of pyridine rings is 1. The quantitative estimate of drug-likeness (QED) is 0.424. The van der Waals surface area contributed by atoms with Crippen molar-refractivity contribution in [2.75, 3.05) is 0 Å². The van der Waals surface area contributed by atoms with E-state index in [0.29, 0.717) is 16.7 Å². The number of aromatic nitrogens is 1. The maximum absolute atomic E-state index is 13.1. The zero-order chi connectivity index (χ0) is 16.8. The average molecular weight is 425 g/mol. The van der Waals surface area contributed by atoms with Gasteiger partial charge in [0.25, 0.3) is 0 Å². The second-order valence-electron chi connectivity index (χ2n) is 5.77. The van der Waals surface area contributed by atoms with Gasteiger partial charge in [-0.3, -0.25) is 14.6 Å². The Labute approximate surface area is 152 Å². The molecule has 0 aliphatic heterocycles. The first kappa shape index (κ1) is 15.2.